The van der Waals surface area contributed by atoms with Gasteiger partial charge < -0.3 is 9.47 Å². The van der Waals surface area contributed by atoms with E-state index in [1.54, 1.807) is 25.3 Å². The predicted octanol–water partition coefficient (Wildman–Crippen LogP) is 5.81. The molecule has 28 heavy (non-hydrogen) atoms. The topological polar surface area (TPSA) is 55.1 Å². The first-order chi connectivity index (χ1) is 13.5. The lowest BCUT2D eigenvalue weighted by molar-refractivity contribution is 0.230. The van der Waals surface area contributed by atoms with Crippen LogP contribution < -0.4 is 9.47 Å². The van der Waals surface area contributed by atoms with Crippen LogP contribution in [0.4, 0.5) is 4.39 Å². The van der Waals surface area contributed by atoms with E-state index in [4.69, 9.17) is 9.47 Å². The molecule has 0 saturated heterocycles. The van der Waals surface area contributed by atoms with Crippen molar-refractivity contribution >= 4 is 23.0 Å². The number of aromatic nitrogens is 1. The van der Waals surface area contributed by atoms with Gasteiger partial charge in [-0.05, 0) is 61.9 Å². The number of nitriles is 1. The molecule has 0 radical (unpaired) electrons. The SMILES string of the molecule is COc1ccc(/C=C(\C#N)c2nc(-c3ccc(F)cc3)cs2)cc1OC(C)C. The largest absolute Gasteiger partial charge is 0.493 e. The third kappa shape index (κ3) is 4.56. The van der Waals surface area contributed by atoms with Gasteiger partial charge in [-0.25, -0.2) is 9.37 Å². The predicted molar refractivity (Wildman–Crippen MR) is 110 cm³/mol. The van der Waals surface area contributed by atoms with Gasteiger partial charge in [-0.1, -0.05) is 6.07 Å². The Balaban J connectivity index is 1.92. The van der Waals surface area contributed by atoms with Crippen LogP contribution in [0.1, 0.15) is 24.4 Å². The van der Waals surface area contributed by atoms with Gasteiger partial charge in [0.2, 0.25) is 0 Å². The molecule has 0 aliphatic rings. The molecular formula is C22H19FN2O2S. The maximum atomic E-state index is 13.1. The van der Waals surface area contributed by atoms with Crippen LogP contribution in [0.5, 0.6) is 11.5 Å². The number of nitrogens with zero attached hydrogens (tertiary/aromatic N) is 2. The van der Waals surface area contributed by atoms with Gasteiger partial charge in [0.15, 0.2) is 11.5 Å². The minimum absolute atomic E-state index is 0.000738. The lowest BCUT2D eigenvalue weighted by Gasteiger charge is -2.14. The van der Waals surface area contributed by atoms with Gasteiger partial charge in [0.25, 0.3) is 0 Å². The number of hydrogen-bond acceptors (Lipinski definition) is 5. The average molecular weight is 394 g/mol. The summed E-state index contributed by atoms with van der Waals surface area (Å²) in [5, 5.41) is 12.1. The molecule has 0 aliphatic heterocycles. The zero-order chi connectivity index (χ0) is 20.1. The maximum Gasteiger partial charge on any atom is 0.162 e. The van der Waals surface area contributed by atoms with Gasteiger partial charge in [0, 0.05) is 10.9 Å². The second kappa shape index (κ2) is 8.68. The lowest BCUT2D eigenvalue weighted by Crippen LogP contribution is -2.06. The summed E-state index contributed by atoms with van der Waals surface area (Å²) in [5.41, 5.74) is 2.77. The number of methoxy groups -OCH3 is 1. The monoisotopic (exact) mass is 394 g/mol. The first-order valence-corrected chi connectivity index (χ1v) is 9.56. The van der Waals surface area contributed by atoms with Crippen molar-refractivity contribution < 1.29 is 13.9 Å². The van der Waals surface area contributed by atoms with Gasteiger partial charge in [0.05, 0.1) is 24.5 Å². The van der Waals surface area contributed by atoms with Gasteiger partial charge >= 0.3 is 0 Å². The van der Waals surface area contributed by atoms with Gasteiger partial charge in [-0.3, -0.25) is 0 Å². The van der Waals surface area contributed by atoms with E-state index in [1.807, 2.05) is 37.4 Å². The van der Waals surface area contributed by atoms with E-state index < -0.39 is 0 Å². The van der Waals surface area contributed by atoms with Crippen molar-refractivity contribution in [2.75, 3.05) is 7.11 Å². The number of halogens is 1. The number of thiazole rings is 1. The molecule has 0 aliphatic carbocycles. The molecule has 3 rings (SSSR count). The van der Waals surface area contributed by atoms with Crippen LogP contribution in [0, 0.1) is 17.1 Å². The molecule has 0 atom stereocenters. The Morgan fingerprint density at radius 2 is 1.93 bits per heavy atom. The molecule has 1 aromatic heterocycles. The Morgan fingerprint density at radius 3 is 2.57 bits per heavy atom. The zero-order valence-corrected chi connectivity index (χ0v) is 16.6. The van der Waals surface area contributed by atoms with E-state index in [9.17, 15) is 9.65 Å². The van der Waals surface area contributed by atoms with Crippen molar-refractivity contribution in [2.45, 2.75) is 20.0 Å². The number of hydrogen-bond donors (Lipinski definition) is 0. The number of benzene rings is 2. The van der Waals surface area contributed by atoms with E-state index in [1.165, 1.54) is 23.5 Å². The summed E-state index contributed by atoms with van der Waals surface area (Å²) in [4.78, 5) is 4.53. The molecule has 0 amide bonds. The molecule has 2 aromatic carbocycles. The fourth-order valence-corrected chi connectivity index (χ4v) is 3.38. The Kier molecular flexibility index (Phi) is 6.07. The molecule has 0 saturated carbocycles. The Labute approximate surface area is 167 Å². The highest BCUT2D eigenvalue weighted by Gasteiger charge is 2.11. The number of ether oxygens (including phenoxy) is 2. The fourth-order valence-electron chi connectivity index (χ4n) is 2.59. The number of allylic oxidation sites excluding steroid dienone is 1. The molecule has 0 N–H and O–H groups in total. The van der Waals surface area contributed by atoms with Crippen molar-refractivity contribution in [1.82, 2.24) is 4.98 Å². The van der Waals surface area contributed by atoms with Gasteiger partial charge in [0.1, 0.15) is 16.9 Å². The molecule has 6 heteroatoms. The molecule has 0 fully saturated rings. The second-order valence-electron chi connectivity index (χ2n) is 6.29. The molecule has 0 unspecified atom stereocenters. The van der Waals surface area contributed by atoms with Crippen molar-refractivity contribution in [3.8, 4) is 28.8 Å². The highest BCUT2D eigenvalue weighted by molar-refractivity contribution is 7.11. The summed E-state index contributed by atoms with van der Waals surface area (Å²) in [7, 11) is 1.59. The van der Waals surface area contributed by atoms with Crippen molar-refractivity contribution in [2.24, 2.45) is 0 Å². The maximum absolute atomic E-state index is 13.1. The molecule has 0 spiro atoms. The summed E-state index contributed by atoms with van der Waals surface area (Å²) in [6.07, 6.45) is 1.76. The minimum Gasteiger partial charge on any atom is -0.493 e. The van der Waals surface area contributed by atoms with E-state index in [2.05, 4.69) is 11.1 Å². The van der Waals surface area contributed by atoms with Crippen LogP contribution in [0.2, 0.25) is 0 Å². The molecule has 142 valence electrons. The van der Waals surface area contributed by atoms with Gasteiger partial charge in [-0.2, -0.15) is 5.26 Å². The van der Waals surface area contributed by atoms with Crippen molar-refractivity contribution in [3.05, 3.63) is 64.2 Å². The van der Waals surface area contributed by atoms with Gasteiger partial charge in [-0.15, -0.1) is 11.3 Å². The smallest absolute Gasteiger partial charge is 0.162 e. The highest BCUT2D eigenvalue weighted by Crippen LogP contribution is 2.32. The van der Waals surface area contributed by atoms with Crippen LogP contribution in [-0.4, -0.2) is 18.2 Å². The molecule has 1 heterocycles. The normalized spacial score (nSPS) is 11.4. The van der Waals surface area contributed by atoms with Crippen molar-refractivity contribution in [3.63, 3.8) is 0 Å². The van der Waals surface area contributed by atoms with Crippen LogP contribution in [0.15, 0.2) is 47.8 Å². The highest BCUT2D eigenvalue weighted by atomic mass is 32.1. The minimum atomic E-state index is -0.296. The summed E-state index contributed by atoms with van der Waals surface area (Å²) in [6, 6.07) is 13.8. The quantitative estimate of drug-likeness (QED) is 0.495. The van der Waals surface area contributed by atoms with E-state index in [0.717, 1.165) is 11.1 Å². The molecule has 0 bridgehead atoms. The first-order valence-electron chi connectivity index (χ1n) is 8.68. The van der Waals surface area contributed by atoms with E-state index >= 15 is 0 Å². The summed E-state index contributed by atoms with van der Waals surface area (Å²) in [6.45, 7) is 3.88. The molecule has 3 aromatic rings. The lowest BCUT2D eigenvalue weighted by atomic mass is 10.1. The fraction of sp³-hybridized carbons (Fsp3) is 0.182. The Morgan fingerprint density at radius 1 is 1.18 bits per heavy atom. The third-order valence-corrected chi connectivity index (χ3v) is 4.73. The summed E-state index contributed by atoms with van der Waals surface area (Å²) >= 11 is 1.37. The number of rotatable bonds is 6. The summed E-state index contributed by atoms with van der Waals surface area (Å²) in [5.74, 6) is 0.961. The van der Waals surface area contributed by atoms with E-state index in [0.29, 0.717) is 27.8 Å². The Hall–Kier alpha value is -3.17. The first kappa shape index (κ1) is 19.6. The molecular weight excluding hydrogens is 375 g/mol. The molecule has 4 nitrogen and oxygen atoms in total. The third-order valence-electron chi connectivity index (χ3n) is 3.86. The zero-order valence-electron chi connectivity index (χ0n) is 15.8. The van der Waals surface area contributed by atoms with E-state index in [-0.39, 0.29) is 11.9 Å². The second-order valence-corrected chi connectivity index (χ2v) is 7.15. The standard InChI is InChI=1S/C22H19FN2O2S/c1-14(2)27-21-11-15(4-9-20(21)26-3)10-17(12-24)22-25-19(13-28-22)16-5-7-18(23)8-6-16/h4-11,13-14H,1-3H3/b17-10+. The average Bonchev–Trinajstić information content (AvgIpc) is 3.16. The van der Waals surface area contributed by atoms with Crippen LogP contribution in [-0.2, 0) is 0 Å². The van der Waals surface area contributed by atoms with Crippen LogP contribution >= 0.6 is 11.3 Å². The van der Waals surface area contributed by atoms with Crippen molar-refractivity contribution in [1.29, 1.82) is 5.26 Å². The van der Waals surface area contributed by atoms with Crippen LogP contribution in [0.3, 0.4) is 0 Å². The van der Waals surface area contributed by atoms with Crippen LogP contribution in [0.25, 0.3) is 22.9 Å². The Bertz CT molecular complexity index is 1030. The summed E-state index contributed by atoms with van der Waals surface area (Å²) < 4.78 is 24.2.